The number of aromatic nitrogens is 2. The van der Waals surface area contributed by atoms with Crippen molar-refractivity contribution in [3.8, 4) is 0 Å². The molecule has 1 aliphatic rings. The lowest BCUT2D eigenvalue weighted by Gasteiger charge is -2.34. The average Bonchev–Trinajstić information content (AvgIpc) is 2.60. The molecule has 122 valence electrons. The summed E-state index contributed by atoms with van der Waals surface area (Å²) < 4.78 is 5.69. The SMILES string of the molecule is CNc1cc(C)nc([C@H]2COCCN2CCc2ccccc2)n1. The zero-order valence-electron chi connectivity index (χ0n) is 13.8. The molecular weight excluding hydrogens is 288 g/mol. The molecule has 1 aliphatic heterocycles. The molecule has 0 saturated carbocycles. The third-order valence-corrected chi connectivity index (χ3v) is 4.20. The molecule has 23 heavy (non-hydrogen) atoms. The third-order valence-electron chi connectivity index (χ3n) is 4.20. The first-order valence-corrected chi connectivity index (χ1v) is 8.15. The molecule has 0 amide bonds. The Morgan fingerprint density at radius 3 is 2.87 bits per heavy atom. The molecule has 0 spiro atoms. The highest BCUT2D eigenvalue weighted by Crippen LogP contribution is 2.23. The van der Waals surface area contributed by atoms with Crippen molar-refractivity contribution in [1.82, 2.24) is 14.9 Å². The van der Waals surface area contributed by atoms with E-state index >= 15 is 0 Å². The zero-order chi connectivity index (χ0) is 16.1. The van der Waals surface area contributed by atoms with Gasteiger partial charge in [0.25, 0.3) is 0 Å². The van der Waals surface area contributed by atoms with Gasteiger partial charge in [0.2, 0.25) is 0 Å². The minimum Gasteiger partial charge on any atom is -0.378 e. The summed E-state index contributed by atoms with van der Waals surface area (Å²) in [4.78, 5) is 11.7. The van der Waals surface area contributed by atoms with Crippen molar-refractivity contribution in [3.63, 3.8) is 0 Å². The van der Waals surface area contributed by atoms with E-state index in [9.17, 15) is 0 Å². The van der Waals surface area contributed by atoms with Gasteiger partial charge in [-0.05, 0) is 18.9 Å². The number of nitrogens with one attached hydrogen (secondary N) is 1. The molecule has 5 nitrogen and oxygen atoms in total. The third kappa shape index (κ3) is 4.06. The van der Waals surface area contributed by atoms with Gasteiger partial charge in [-0.25, -0.2) is 9.97 Å². The van der Waals surface area contributed by atoms with Crippen molar-refractivity contribution in [1.29, 1.82) is 0 Å². The monoisotopic (exact) mass is 312 g/mol. The molecular formula is C18H24N4O. The van der Waals surface area contributed by atoms with Gasteiger partial charge in [-0.3, -0.25) is 4.90 Å². The molecule has 0 bridgehead atoms. The standard InChI is InChI=1S/C18H24N4O/c1-14-12-17(19-2)21-18(20-14)16-13-23-11-10-22(16)9-8-15-6-4-3-5-7-15/h3-7,12,16H,8-11,13H2,1-2H3,(H,19,20,21)/t16-/m1/s1. The molecule has 0 radical (unpaired) electrons. The predicted molar refractivity (Wildman–Crippen MR) is 91.6 cm³/mol. The van der Waals surface area contributed by atoms with E-state index in [-0.39, 0.29) is 6.04 Å². The average molecular weight is 312 g/mol. The Balaban J connectivity index is 1.74. The van der Waals surface area contributed by atoms with Gasteiger partial charge >= 0.3 is 0 Å². The van der Waals surface area contributed by atoms with E-state index in [1.54, 1.807) is 0 Å². The Kier molecular flexibility index (Phi) is 5.20. The minimum absolute atomic E-state index is 0.125. The molecule has 1 atom stereocenters. The number of hydrogen-bond acceptors (Lipinski definition) is 5. The zero-order valence-corrected chi connectivity index (χ0v) is 13.8. The van der Waals surface area contributed by atoms with E-state index in [0.29, 0.717) is 6.61 Å². The highest BCUT2D eigenvalue weighted by molar-refractivity contribution is 5.35. The second kappa shape index (κ2) is 7.53. The first-order chi connectivity index (χ1) is 11.3. The van der Waals surface area contributed by atoms with Crippen LogP contribution in [0.15, 0.2) is 36.4 Å². The van der Waals surface area contributed by atoms with Crippen LogP contribution < -0.4 is 5.32 Å². The topological polar surface area (TPSA) is 50.3 Å². The fraction of sp³-hybridized carbons (Fsp3) is 0.444. The van der Waals surface area contributed by atoms with Gasteiger partial charge in [0.15, 0.2) is 0 Å². The van der Waals surface area contributed by atoms with E-state index in [1.807, 2.05) is 20.0 Å². The predicted octanol–water partition coefficient (Wildman–Crippen LogP) is 2.44. The molecule has 1 fully saturated rings. The molecule has 1 N–H and O–H groups in total. The van der Waals surface area contributed by atoms with E-state index in [4.69, 9.17) is 4.74 Å². The van der Waals surface area contributed by atoms with Crippen LogP contribution in [0.4, 0.5) is 5.82 Å². The van der Waals surface area contributed by atoms with Crippen LogP contribution >= 0.6 is 0 Å². The highest BCUT2D eigenvalue weighted by atomic mass is 16.5. The molecule has 2 heterocycles. The van der Waals surface area contributed by atoms with Gasteiger partial charge in [-0.2, -0.15) is 0 Å². The molecule has 5 heteroatoms. The normalized spacial score (nSPS) is 18.8. The fourth-order valence-corrected chi connectivity index (χ4v) is 2.93. The van der Waals surface area contributed by atoms with Gasteiger partial charge < -0.3 is 10.1 Å². The van der Waals surface area contributed by atoms with Crippen molar-refractivity contribution >= 4 is 5.82 Å². The number of benzene rings is 1. The van der Waals surface area contributed by atoms with Crippen LogP contribution in [0.1, 0.15) is 23.1 Å². The fourth-order valence-electron chi connectivity index (χ4n) is 2.93. The number of nitrogens with zero attached hydrogens (tertiary/aromatic N) is 3. The number of hydrogen-bond donors (Lipinski definition) is 1. The summed E-state index contributed by atoms with van der Waals surface area (Å²) in [6, 6.07) is 12.7. The summed E-state index contributed by atoms with van der Waals surface area (Å²) in [7, 11) is 1.89. The number of anilines is 1. The first-order valence-electron chi connectivity index (χ1n) is 8.15. The maximum Gasteiger partial charge on any atom is 0.150 e. The summed E-state index contributed by atoms with van der Waals surface area (Å²) >= 11 is 0. The summed E-state index contributed by atoms with van der Waals surface area (Å²) in [5.41, 5.74) is 2.34. The highest BCUT2D eigenvalue weighted by Gasteiger charge is 2.27. The van der Waals surface area contributed by atoms with Crippen molar-refractivity contribution < 1.29 is 4.74 Å². The minimum atomic E-state index is 0.125. The quantitative estimate of drug-likeness (QED) is 0.919. The van der Waals surface area contributed by atoms with Crippen molar-refractivity contribution in [2.45, 2.75) is 19.4 Å². The van der Waals surface area contributed by atoms with Crippen LogP contribution in [0.2, 0.25) is 0 Å². The van der Waals surface area contributed by atoms with Crippen LogP contribution in [0.5, 0.6) is 0 Å². The Bertz CT molecular complexity index is 632. The Morgan fingerprint density at radius 1 is 1.26 bits per heavy atom. The Hall–Kier alpha value is -1.98. The van der Waals surface area contributed by atoms with Crippen LogP contribution in [0, 0.1) is 6.92 Å². The van der Waals surface area contributed by atoms with E-state index in [2.05, 4.69) is 50.5 Å². The van der Waals surface area contributed by atoms with Crippen LogP contribution in [-0.2, 0) is 11.2 Å². The van der Waals surface area contributed by atoms with Crippen molar-refractivity contribution in [2.75, 3.05) is 38.7 Å². The number of rotatable bonds is 5. The van der Waals surface area contributed by atoms with Crippen LogP contribution in [0.3, 0.4) is 0 Å². The smallest absolute Gasteiger partial charge is 0.150 e. The largest absolute Gasteiger partial charge is 0.378 e. The Labute approximate surface area is 137 Å². The summed E-state index contributed by atoms with van der Waals surface area (Å²) in [6.45, 7) is 5.34. The number of ether oxygens (including phenoxy) is 1. The van der Waals surface area contributed by atoms with Gasteiger partial charge in [0, 0.05) is 31.9 Å². The maximum atomic E-state index is 5.69. The van der Waals surface area contributed by atoms with E-state index in [1.165, 1.54) is 5.56 Å². The van der Waals surface area contributed by atoms with Gasteiger partial charge in [0.05, 0.1) is 19.3 Å². The summed E-state index contributed by atoms with van der Waals surface area (Å²) in [5.74, 6) is 1.71. The molecule has 0 unspecified atom stereocenters. The molecule has 1 aromatic heterocycles. The second-order valence-electron chi connectivity index (χ2n) is 5.87. The van der Waals surface area contributed by atoms with Crippen molar-refractivity contribution in [3.05, 3.63) is 53.5 Å². The number of aryl methyl sites for hydroxylation is 1. The van der Waals surface area contributed by atoms with E-state index in [0.717, 1.165) is 43.5 Å². The van der Waals surface area contributed by atoms with Gasteiger partial charge in [-0.15, -0.1) is 0 Å². The number of morpholine rings is 1. The first kappa shape index (κ1) is 15.9. The summed E-state index contributed by atoms with van der Waals surface area (Å²) in [5, 5.41) is 3.11. The lowest BCUT2D eigenvalue weighted by molar-refractivity contribution is -0.0111. The lowest BCUT2D eigenvalue weighted by Crippen LogP contribution is -2.41. The molecule has 1 saturated heterocycles. The van der Waals surface area contributed by atoms with E-state index < -0.39 is 0 Å². The van der Waals surface area contributed by atoms with Crippen LogP contribution in [0.25, 0.3) is 0 Å². The Morgan fingerprint density at radius 2 is 2.09 bits per heavy atom. The van der Waals surface area contributed by atoms with Crippen molar-refractivity contribution in [2.24, 2.45) is 0 Å². The molecule has 1 aromatic carbocycles. The van der Waals surface area contributed by atoms with Gasteiger partial charge in [0.1, 0.15) is 11.6 Å². The molecule has 0 aliphatic carbocycles. The lowest BCUT2D eigenvalue weighted by atomic mass is 10.1. The summed E-state index contributed by atoms with van der Waals surface area (Å²) in [6.07, 6.45) is 1.03. The van der Waals surface area contributed by atoms with Crippen LogP contribution in [-0.4, -0.2) is 48.2 Å². The molecule has 2 aromatic rings. The van der Waals surface area contributed by atoms with Gasteiger partial charge in [-0.1, -0.05) is 30.3 Å². The second-order valence-corrected chi connectivity index (χ2v) is 5.87. The maximum absolute atomic E-state index is 5.69. The molecule has 3 rings (SSSR count).